The van der Waals surface area contributed by atoms with Crippen LogP contribution in [-0.2, 0) is 9.84 Å². The third-order valence-corrected chi connectivity index (χ3v) is 5.24. The van der Waals surface area contributed by atoms with Crippen LogP contribution >= 0.6 is 11.6 Å². The fourth-order valence-electron chi connectivity index (χ4n) is 2.06. The van der Waals surface area contributed by atoms with Crippen molar-refractivity contribution in [3.63, 3.8) is 0 Å². The van der Waals surface area contributed by atoms with Crippen molar-refractivity contribution in [1.82, 2.24) is 9.97 Å². The van der Waals surface area contributed by atoms with Crippen molar-refractivity contribution < 1.29 is 8.42 Å². The Bertz CT molecular complexity index is 574. The van der Waals surface area contributed by atoms with E-state index in [1.165, 1.54) is 0 Å². The van der Waals surface area contributed by atoms with E-state index >= 15 is 0 Å². The minimum Gasteiger partial charge on any atom is -0.349 e. The van der Waals surface area contributed by atoms with Crippen LogP contribution in [0.25, 0.3) is 0 Å². The Labute approximate surface area is 112 Å². The van der Waals surface area contributed by atoms with Gasteiger partial charge in [-0.15, -0.1) is 0 Å². The summed E-state index contributed by atoms with van der Waals surface area (Å²) in [6.45, 7) is 6.00. The molecule has 7 heteroatoms. The largest absolute Gasteiger partial charge is 0.349 e. The second kappa shape index (κ2) is 4.66. The second-order valence-corrected chi connectivity index (χ2v) is 7.25. The summed E-state index contributed by atoms with van der Waals surface area (Å²) in [6, 6.07) is -0.127. The highest BCUT2D eigenvalue weighted by Crippen LogP contribution is 2.26. The average Bonchev–Trinajstić information content (AvgIpc) is 2.23. The highest BCUT2D eigenvalue weighted by Gasteiger charge is 2.30. The molecule has 1 aromatic rings. The first-order valence-electron chi connectivity index (χ1n) is 5.78. The van der Waals surface area contributed by atoms with Crippen LogP contribution in [0.4, 0.5) is 5.82 Å². The number of hydrogen-bond donors (Lipinski definition) is 0. The standard InChI is InChI=1S/C11H16ClN3O2S/c1-7-6-18(16,17)5-4-15(7)11-10(12)13-8(2)9(3)14-11/h7H,4-6H2,1-3H3. The minimum absolute atomic E-state index is 0.127. The van der Waals surface area contributed by atoms with Crippen LogP contribution in [0.15, 0.2) is 0 Å². The molecule has 0 bridgehead atoms. The molecule has 1 aliphatic rings. The Balaban J connectivity index is 2.36. The number of rotatable bonds is 1. The van der Waals surface area contributed by atoms with Gasteiger partial charge in [-0.05, 0) is 20.8 Å². The molecule has 0 saturated carbocycles. The Morgan fingerprint density at radius 2 is 1.89 bits per heavy atom. The van der Waals surface area contributed by atoms with Crippen molar-refractivity contribution >= 4 is 27.3 Å². The van der Waals surface area contributed by atoms with Crippen molar-refractivity contribution in [3.05, 3.63) is 16.5 Å². The van der Waals surface area contributed by atoms with Crippen LogP contribution in [0.3, 0.4) is 0 Å². The number of halogens is 1. The molecule has 5 nitrogen and oxygen atoms in total. The SMILES string of the molecule is Cc1nc(Cl)c(N2CCS(=O)(=O)CC2C)nc1C. The molecular formula is C11H16ClN3O2S. The summed E-state index contributed by atoms with van der Waals surface area (Å²) < 4.78 is 23.1. The maximum atomic E-state index is 11.5. The summed E-state index contributed by atoms with van der Waals surface area (Å²) >= 11 is 6.11. The molecule has 18 heavy (non-hydrogen) atoms. The summed E-state index contributed by atoms with van der Waals surface area (Å²) in [5.74, 6) is 0.863. The predicted octanol–water partition coefficient (Wildman–Crippen LogP) is 1.37. The van der Waals surface area contributed by atoms with Crippen molar-refractivity contribution in [3.8, 4) is 0 Å². The number of nitrogens with zero attached hydrogens (tertiary/aromatic N) is 3. The van der Waals surface area contributed by atoms with Gasteiger partial charge in [0.2, 0.25) is 0 Å². The molecule has 1 atom stereocenters. The van der Waals surface area contributed by atoms with Crippen LogP contribution < -0.4 is 4.90 Å². The summed E-state index contributed by atoms with van der Waals surface area (Å²) in [5, 5.41) is 0.337. The van der Waals surface area contributed by atoms with E-state index in [4.69, 9.17) is 11.6 Å². The molecule has 0 aliphatic carbocycles. The van der Waals surface area contributed by atoms with Crippen LogP contribution in [0, 0.1) is 13.8 Å². The molecular weight excluding hydrogens is 274 g/mol. The van der Waals surface area contributed by atoms with Crippen molar-refractivity contribution in [2.24, 2.45) is 0 Å². The Morgan fingerprint density at radius 1 is 1.28 bits per heavy atom. The molecule has 1 aliphatic heterocycles. The van der Waals surface area contributed by atoms with E-state index in [0.29, 0.717) is 17.5 Å². The molecule has 0 aromatic carbocycles. The van der Waals surface area contributed by atoms with Gasteiger partial charge in [-0.2, -0.15) is 0 Å². The van der Waals surface area contributed by atoms with Crippen LogP contribution in [0.5, 0.6) is 0 Å². The van der Waals surface area contributed by atoms with Gasteiger partial charge in [0.15, 0.2) is 20.8 Å². The maximum Gasteiger partial charge on any atom is 0.171 e. The molecule has 2 heterocycles. The van der Waals surface area contributed by atoms with Gasteiger partial charge in [-0.3, -0.25) is 0 Å². The van der Waals surface area contributed by atoms with Gasteiger partial charge in [-0.25, -0.2) is 18.4 Å². The third kappa shape index (κ3) is 2.59. The first-order chi connectivity index (χ1) is 8.30. The van der Waals surface area contributed by atoms with E-state index < -0.39 is 9.84 Å². The van der Waals surface area contributed by atoms with Crippen molar-refractivity contribution in [2.45, 2.75) is 26.8 Å². The second-order valence-electron chi connectivity index (χ2n) is 4.67. The van der Waals surface area contributed by atoms with E-state index in [9.17, 15) is 8.42 Å². The molecule has 100 valence electrons. The molecule has 0 spiro atoms. The molecule has 0 amide bonds. The van der Waals surface area contributed by atoms with Gasteiger partial charge in [-0.1, -0.05) is 11.6 Å². The number of aryl methyl sites for hydroxylation is 2. The topological polar surface area (TPSA) is 63.2 Å². The Hall–Kier alpha value is -0.880. The molecule has 1 unspecified atom stereocenters. The molecule has 1 aromatic heterocycles. The summed E-state index contributed by atoms with van der Waals surface area (Å²) in [5.41, 5.74) is 1.61. The molecule has 1 fully saturated rings. The average molecular weight is 290 g/mol. The zero-order chi connectivity index (χ0) is 13.5. The first kappa shape index (κ1) is 13.5. The Morgan fingerprint density at radius 3 is 2.50 bits per heavy atom. The number of hydrogen-bond acceptors (Lipinski definition) is 5. The monoisotopic (exact) mass is 289 g/mol. The lowest BCUT2D eigenvalue weighted by Gasteiger charge is -2.34. The molecule has 0 radical (unpaired) electrons. The molecule has 1 saturated heterocycles. The van der Waals surface area contributed by atoms with E-state index in [1.54, 1.807) is 0 Å². The number of sulfone groups is 1. The maximum absolute atomic E-state index is 11.5. The van der Waals surface area contributed by atoms with Gasteiger partial charge < -0.3 is 4.90 Å². The number of aromatic nitrogens is 2. The van der Waals surface area contributed by atoms with E-state index in [-0.39, 0.29) is 17.5 Å². The smallest absolute Gasteiger partial charge is 0.171 e. The predicted molar refractivity (Wildman–Crippen MR) is 72.0 cm³/mol. The van der Waals surface area contributed by atoms with Gasteiger partial charge >= 0.3 is 0 Å². The van der Waals surface area contributed by atoms with Gasteiger partial charge in [0.25, 0.3) is 0 Å². The third-order valence-electron chi connectivity index (χ3n) is 3.19. The van der Waals surface area contributed by atoms with E-state index in [0.717, 1.165) is 11.4 Å². The lowest BCUT2D eigenvalue weighted by atomic mass is 10.3. The van der Waals surface area contributed by atoms with Crippen LogP contribution in [0.2, 0.25) is 5.15 Å². The highest BCUT2D eigenvalue weighted by molar-refractivity contribution is 7.91. The van der Waals surface area contributed by atoms with Crippen molar-refractivity contribution in [2.75, 3.05) is 23.0 Å². The fraction of sp³-hybridized carbons (Fsp3) is 0.636. The highest BCUT2D eigenvalue weighted by atomic mass is 35.5. The zero-order valence-corrected chi connectivity index (χ0v) is 12.2. The zero-order valence-electron chi connectivity index (χ0n) is 10.6. The molecule has 2 rings (SSSR count). The van der Waals surface area contributed by atoms with Gasteiger partial charge in [0, 0.05) is 12.6 Å². The van der Waals surface area contributed by atoms with Crippen LogP contribution in [-0.4, -0.2) is 42.5 Å². The summed E-state index contributed by atoms with van der Waals surface area (Å²) in [4.78, 5) is 10.6. The van der Waals surface area contributed by atoms with E-state index in [1.807, 2.05) is 25.7 Å². The summed E-state index contributed by atoms with van der Waals surface area (Å²) in [7, 11) is -2.94. The van der Waals surface area contributed by atoms with Gasteiger partial charge in [0.1, 0.15) is 0 Å². The Kier molecular flexibility index (Phi) is 3.51. The van der Waals surface area contributed by atoms with Crippen LogP contribution in [0.1, 0.15) is 18.3 Å². The van der Waals surface area contributed by atoms with E-state index in [2.05, 4.69) is 9.97 Å². The molecule has 0 N–H and O–H groups in total. The fourth-order valence-corrected chi connectivity index (χ4v) is 3.89. The first-order valence-corrected chi connectivity index (χ1v) is 7.98. The summed E-state index contributed by atoms with van der Waals surface area (Å²) in [6.07, 6.45) is 0. The normalized spacial score (nSPS) is 23.1. The lowest BCUT2D eigenvalue weighted by Crippen LogP contribution is -2.47. The lowest BCUT2D eigenvalue weighted by molar-refractivity contribution is 0.566. The minimum atomic E-state index is -2.94. The number of anilines is 1. The van der Waals surface area contributed by atoms with Crippen molar-refractivity contribution in [1.29, 1.82) is 0 Å². The van der Waals surface area contributed by atoms with Gasteiger partial charge in [0.05, 0.1) is 22.9 Å². The quantitative estimate of drug-likeness (QED) is 0.781.